The molecule has 2 aromatic heterocycles. The van der Waals surface area contributed by atoms with E-state index in [2.05, 4.69) is 28.5 Å². The Labute approximate surface area is 128 Å². The van der Waals surface area contributed by atoms with E-state index in [1.807, 2.05) is 0 Å². The van der Waals surface area contributed by atoms with E-state index >= 15 is 0 Å². The van der Waals surface area contributed by atoms with Crippen molar-refractivity contribution < 1.29 is 9.21 Å². The number of nitrogens with one attached hydrogen (secondary N) is 2. The highest BCUT2D eigenvalue weighted by atomic mass is 16.3. The average Bonchev–Trinajstić information content (AvgIpc) is 3.20. The van der Waals surface area contributed by atoms with Crippen molar-refractivity contribution in [3.63, 3.8) is 0 Å². The summed E-state index contributed by atoms with van der Waals surface area (Å²) < 4.78 is 5.10. The number of benzene rings is 1. The first-order valence-corrected chi connectivity index (χ1v) is 7.75. The molecule has 0 atom stereocenters. The highest BCUT2D eigenvalue weighted by Gasteiger charge is 2.15. The summed E-state index contributed by atoms with van der Waals surface area (Å²) in [5.74, 6) is 0.168. The van der Waals surface area contributed by atoms with Crippen LogP contribution in [0.25, 0.3) is 10.9 Å². The lowest BCUT2D eigenvalue weighted by molar-refractivity contribution is 0.0923. The van der Waals surface area contributed by atoms with Crippen LogP contribution in [0.4, 0.5) is 0 Å². The van der Waals surface area contributed by atoms with E-state index in [1.165, 1.54) is 41.3 Å². The molecule has 2 heterocycles. The Morgan fingerprint density at radius 3 is 3.00 bits per heavy atom. The summed E-state index contributed by atoms with van der Waals surface area (Å²) >= 11 is 0. The molecule has 112 valence electrons. The minimum atomic E-state index is -0.179. The van der Waals surface area contributed by atoms with Gasteiger partial charge in [0.25, 0.3) is 5.91 Å². The lowest BCUT2D eigenvalue weighted by Gasteiger charge is -2.10. The van der Waals surface area contributed by atoms with E-state index in [0.29, 0.717) is 12.3 Å². The van der Waals surface area contributed by atoms with E-state index in [0.717, 1.165) is 18.4 Å². The van der Waals surface area contributed by atoms with Gasteiger partial charge in [-0.3, -0.25) is 4.79 Å². The normalized spacial score (nSPS) is 14.0. The van der Waals surface area contributed by atoms with E-state index in [9.17, 15) is 4.79 Å². The Bertz CT molecular complexity index is 815. The Hall–Kier alpha value is -2.49. The van der Waals surface area contributed by atoms with Gasteiger partial charge in [0.1, 0.15) is 0 Å². The molecule has 0 radical (unpaired) electrons. The molecule has 0 fully saturated rings. The number of hydrogen-bond acceptors (Lipinski definition) is 2. The summed E-state index contributed by atoms with van der Waals surface area (Å²) in [6.07, 6.45) is 6.34. The lowest BCUT2D eigenvalue weighted by Crippen LogP contribution is -2.22. The zero-order valence-corrected chi connectivity index (χ0v) is 12.3. The fourth-order valence-corrected chi connectivity index (χ4v) is 3.24. The number of aromatic nitrogens is 1. The number of carbonyl (C=O) groups is 1. The number of fused-ring (bicyclic) bond motifs is 3. The van der Waals surface area contributed by atoms with Gasteiger partial charge in [-0.15, -0.1) is 0 Å². The lowest BCUT2D eigenvalue weighted by atomic mass is 9.95. The molecular formula is C18H18N2O2. The van der Waals surface area contributed by atoms with Crippen LogP contribution in [-0.4, -0.2) is 10.9 Å². The maximum absolute atomic E-state index is 11.9. The van der Waals surface area contributed by atoms with E-state index in [-0.39, 0.29) is 5.91 Å². The topological polar surface area (TPSA) is 58.0 Å². The molecule has 2 N–H and O–H groups in total. The molecule has 1 aliphatic carbocycles. The van der Waals surface area contributed by atoms with Crippen LogP contribution in [0.3, 0.4) is 0 Å². The van der Waals surface area contributed by atoms with Gasteiger partial charge >= 0.3 is 0 Å². The average molecular weight is 294 g/mol. The number of furan rings is 1. The zero-order valence-electron chi connectivity index (χ0n) is 12.3. The molecule has 0 bridgehead atoms. The SMILES string of the molecule is O=C(NCc1ccc2[nH]c3c(c2c1)CCCC3)c1ccco1. The molecule has 1 aromatic carbocycles. The minimum absolute atomic E-state index is 0.179. The highest BCUT2D eigenvalue weighted by molar-refractivity contribution is 5.91. The molecule has 3 aromatic rings. The van der Waals surface area contributed by atoms with Gasteiger partial charge in [-0.1, -0.05) is 6.07 Å². The molecular weight excluding hydrogens is 276 g/mol. The van der Waals surface area contributed by atoms with Crippen LogP contribution in [0.1, 0.15) is 40.2 Å². The molecule has 0 aliphatic heterocycles. The molecule has 0 unspecified atom stereocenters. The quantitative estimate of drug-likeness (QED) is 0.776. The van der Waals surface area contributed by atoms with Gasteiger partial charge in [-0.05, 0) is 61.1 Å². The Morgan fingerprint density at radius 1 is 1.23 bits per heavy atom. The molecule has 1 amide bonds. The standard InChI is InChI=1S/C18H18N2O2/c21-18(17-6-3-9-22-17)19-11-12-7-8-16-14(10-12)13-4-1-2-5-15(13)20-16/h3,6-10,20H,1-2,4-5,11H2,(H,19,21). The van der Waals surface area contributed by atoms with Crippen molar-refractivity contribution in [3.8, 4) is 0 Å². The molecule has 0 saturated carbocycles. The fourth-order valence-electron chi connectivity index (χ4n) is 3.24. The van der Waals surface area contributed by atoms with Crippen LogP contribution >= 0.6 is 0 Å². The second-order valence-corrected chi connectivity index (χ2v) is 5.83. The van der Waals surface area contributed by atoms with E-state index in [4.69, 9.17) is 4.42 Å². The number of carbonyl (C=O) groups excluding carboxylic acids is 1. The largest absolute Gasteiger partial charge is 0.459 e. The third-order valence-corrected chi connectivity index (χ3v) is 4.36. The second-order valence-electron chi connectivity index (χ2n) is 5.83. The van der Waals surface area contributed by atoms with Gasteiger partial charge in [0.15, 0.2) is 5.76 Å². The molecule has 0 spiro atoms. The number of amides is 1. The number of hydrogen-bond donors (Lipinski definition) is 2. The van der Waals surface area contributed by atoms with Gasteiger partial charge in [0.05, 0.1) is 6.26 Å². The zero-order chi connectivity index (χ0) is 14.9. The van der Waals surface area contributed by atoms with Crippen LogP contribution in [-0.2, 0) is 19.4 Å². The number of aryl methyl sites for hydroxylation is 2. The third-order valence-electron chi connectivity index (χ3n) is 4.36. The van der Waals surface area contributed by atoms with Crippen molar-refractivity contribution >= 4 is 16.8 Å². The summed E-state index contributed by atoms with van der Waals surface area (Å²) in [4.78, 5) is 15.4. The summed E-state index contributed by atoms with van der Waals surface area (Å²) in [6, 6.07) is 9.75. The van der Waals surface area contributed by atoms with Gasteiger partial charge < -0.3 is 14.7 Å². The first-order chi connectivity index (χ1) is 10.8. The van der Waals surface area contributed by atoms with Gasteiger partial charge in [0, 0.05) is 23.1 Å². The predicted octanol–water partition coefficient (Wildman–Crippen LogP) is 3.57. The van der Waals surface area contributed by atoms with Crippen molar-refractivity contribution in [2.45, 2.75) is 32.2 Å². The molecule has 22 heavy (non-hydrogen) atoms. The van der Waals surface area contributed by atoms with Crippen LogP contribution in [0, 0.1) is 0 Å². The van der Waals surface area contributed by atoms with Crippen molar-refractivity contribution in [2.24, 2.45) is 0 Å². The Kier molecular flexibility index (Phi) is 3.22. The maximum atomic E-state index is 11.9. The summed E-state index contributed by atoms with van der Waals surface area (Å²) in [6.45, 7) is 0.509. The maximum Gasteiger partial charge on any atom is 0.287 e. The van der Waals surface area contributed by atoms with Gasteiger partial charge in [0.2, 0.25) is 0 Å². The molecule has 4 nitrogen and oxygen atoms in total. The van der Waals surface area contributed by atoms with Crippen molar-refractivity contribution in [3.05, 3.63) is 59.2 Å². The van der Waals surface area contributed by atoms with Gasteiger partial charge in [-0.25, -0.2) is 0 Å². The third kappa shape index (κ3) is 2.30. The first kappa shape index (κ1) is 13.2. The van der Waals surface area contributed by atoms with E-state index in [1.54, 1.807) is 12.1 Å². The highest BCUT2D eigenvalue weighted by Crippen LogP contribution is 2.29. The summed E-state index contributed by atoms with van der Waals surface area (Å²) in [7, 11) is 0. The van der Waals surface area contributed by atoms with Crippen LogP contribution in [0.2, 0.25) is 0 Å². The van der Waals surface area contributed by atoms with Crippen LogP contribution in [0.5, 0.6) is 0 Å². The fraction of sp³-hybridized carbons (Fsp3) is 0.278. The van der Waals surface area contributed by atoms with Crippen LogP contribution < -0.4 is 5.32 Å². The molecule has 0 saturated heterocycles. The van der Waals surface area contributed by atoms with Crippen molar-refractivity contribution in [2.75, 3.05) is 0 Å². The second kappa shape index (κ2) is 5.37. The van der Waals surface area contributed by atoms with Gasteiger partial charge in [-0.2, -0.15) is 0 Å². The first-order valence-electron chi connectivity index (χ1n) is 7.75. The Balaban J connectivity index is 1.56. The summed E-state index contributed by atoms with van der Waals surface area (Å²) in [5.41, 5.74) is 5.16. The molecule has 4 rings (SSSR count). The van der Waals surface area contributed by atoms with E-state index < -0.39 is 0 Å². The van der Waals surface area contributed by atoms with Crippen molar-refractivity contribution in [1.82, 2.24) is 10.3 Å². The van der Waals surface area contributed by atoms with Crippen LogP contribution in [0.15, 0.2) is 41.0 Å². The number of H-pyrrole nitrogens is 1. The minimum Gasteiger partial charge on any atom is -0.459 e. The summed E-state index contributed by atoms with van der Waals surface area (Å²) in [5, 5.41) is 4.20. The van der Waals surface area contributed by atoms with Crippen molar-refractivity contribution in [1.29, 1.82) is 0 Å². The molecule has 1 aliphatic rings. The smallest absolute Gasteiger partial charge is 0.287 e. The number of aromatic amines is 1. The predicted molar refractivity (Wildman–Crippen MR) is 84.8 cm³/mol. The molecule has 4 heteroatoms. The Morgan fingerprint density at radius 2 is 2.14 bits per heavy atom. The monoisotopic (exact) mass is 294 g/mol. The number of rotatable bonds is 3.